The van der Waals surface area contributed by atoms with Crippen molar-refractivity contribution in [3.05, 3.63) is 88.5 Å². The Morgan fingerprint density at radius 3 is 1.78 bits per heavy atom. The first-order valence-corrected chi connectivity index (χ1v) is 12.3. The maximum absolute atomic E-state index is 12.4. The van der Waals surface area contributed by atoms with E-state index in [9.17, 15) is 19.7 Å². The highest BCUT2D eigenvalue weighted by Gasteiger charge is 2.11. The Labute approximate surface area is 211 Å². The SMILES string of the molecule is CCCCCCCCCC(=O)Oc1ccc(-c2ccc(C(=O)Oc3ccc([N+](=O)[O-])cc3)cc2)cc1. The number of hydrogen-bond acceptors (Lipinski definition) is 6. The number of rotatable bonds is 13. The molecule has 0 bridgehead atoms. The Hall–Kier alpha value is -4.00. The first-order valence-electron chi connectivity index (χ1n) is 12.3. The van der Waals surface area contributed by atoms with Gasteiger partial charge in [0.15, 0.2) is 0 Å². The fourth-order valence-electron chi connectivity index (χ4n) is 3.72. The summed E-state index contributed by atoms with van der Waals surface area (Å²) in [6.45, 7) is 2.20. The molecule has 188 valence electrons. The smallest absolute Gasteiger partial charge is 0.343 e. The van der Waals surface area contributed by atoms with E-state index < -0.39 is 10.9 Å². The van der Waals surface area contributed by atoms with Gasteiger partial charge in [-0.3, -0.25) is 14.9 Å². The third kappa shape index (κ3) is 8.34. The number of esters is 2. The van der Waals surface area contributed by atoms with Crippen LogP contribution in [0.2, 0.25) is 0 Å². The highest BCUT2D eigenvalue weighted by Crippen LogP contribution is 2.24. The van der Waals surface area contributed by atoms with Gasteiger partial charge in [-0.15, -0.1) is 0 Å². The molecule has 0 unspecified atom stereocenters. The quantitative estimate of drug-likeness (QED) is 0.0809. The molecule has 0 amide bonds. The van der Waals surface area contributed by atoms with Crippen LogP contribution >= 0.6 is 0 Å². The van der Waals surface area contributed by atoms with Crippen LogP contribution in [-0.2, 0) is 4.79 Å². The van der Waals surface area contributed by atoms with E-state index in [1.807, 2.05) is 12.1 Å². The fourth-order valence-corrected chi connectivity index (χ4v) is 3.72. The van der Waals surface area contributed by atoms with Crippen LogP contribution in [0.15, 0.2) is 72.8 Å². The molecule has 7 heteroatoms. The van der Waals surface area contributed by atoms with Crippen molar-refractivity contribution >= 4 is 17.6 Å². The van der Waals surface area contributed by atoms with Gasteiger partial charge in [0.25, 0.3) is 5.69 Å². The molecule has 7 nitrogen and oxygen atoms in total. The van der Waals surface area contributed by atoms with Crippen molar-refractivity contribution in [3.8, 4) is 22.6 Å². The van der Waals surface area contributed by atoms with Crippen LogP contribution < -0.4 is 9.47 Å². The van der Waals surface area contributed by atoms with Crippen molar-refractivity contribution in [2.24, 2.45) is 0 Å². The minimum atomic E-state index is -0.557. The molecule has 0 heterocycles. The van der Waals surface area contributed by atoms with Crippen molar-refractivity contribution in [3.63, 3.8) is 0 Å². The summed E-state index contributed by atoms with van der Waals surface area (Å²) in [6.07, 6.45) is 8.49. The molecule has 0 spiro atoms. The maximum Gasteiger partial charge on any atom is 0.343 e. The molecule has 3 aromatic carbocycles. The van der Waals surface area contributed by atoms with E-state index >= 15 is 0 Å². The molecule has 3 aromatic rings. The summed E-state index contributed by atoms with van der Waals surface area (Å²) in [4.78, 5) is 34.7. The lowest BCUT2D eigenvalue weighted by molar-refractivity contribution is -0.384. The Bertz CT molecular complexity index is 1140. The zero-order valence-electron chi connectivity index (χ0n) is 20.5. The Kier molecular flexibility index (Phi) is 10.2. The molecular weight excluding hydrogens is 458 g/mol. The summed E-state index contributed by atoms with van der Waals surface area (Å²) in [7, 11) is 0. The average molecular weight is 490 g/mol. The second-order valence-corrected chi connectivity index (χ2v) is 8.59. The Morgan fingerprint density at radius 2 is 1.19 bits per heavy atom. The monoisotopic (exact) mass is 489 g/mol. The summed E-state index contributed by atoms with van der Waals surface area (Å²) >= 11 is 0. The van der Waals surface area contributed by atoms with Crippen LogP contribution in [0.25, 0.3) is 11.1 Å². The van der Waals surface area contributed by atoms with Gasteiger partial charge in [-0.05, 0) is 53.9 Å². The maximum atomic E-state index is 12.4. The van der Waals surface area contributed by atoms with Gasteiger partial charge in [0, 0.05) is 18.6 Å². The van der Waals surface area contributed by atoms with Gasteiger partial charge in [-0.25, -0.2) is 4.79 Å². The van der Waals surface area contributed by atoms with Crippen molar-refractivity contribution in [1.82, 2.24) is 0 Å². The summed E-state index contributed by atoms with van der Waals surface area (Å²) < 4.78 is 10.7. The minimum absolute atomic E-state index is 0.0758. The average Bonchev–Trinajstić information content (AvgIpc) is 2.89. The van der Waals surface area contributed by atoms with Crippen LogP contribution in [0.5, 0.6) is 11.5 Å². The van der Waals surface area contributed by atoms with Crippen molar-refractivity contribution in [2.75, 3.05) is 0 Å². The lowest BCUT2D eigenvalue weighted by atomic mass is 10.0. The molecule has 0 fully saturated rings. The van der Waals surface area contributed by atoms with Crippen molar-refractivity contribution in [2.45, 2.75) is 58.3 Å². The van der Waals surface area contributed by atoms with Crippen LogP contribution in [0.4, 0.5) is 5.69 Å². The largest absolute Gasteiger partial charge is 0.427 e. The van der Waals surface area contributed by atoms with Gasteiger partial charge < -0.3 is 9.47 Å². The summed E-state index contributed by atoms with van der Waals surface area (Å²) in [6, 6.07) is 19.5. The standard InChI is InChI=1S/C29H31NO6/c1-2-3-4-5-6-7-8-9-28(31)35-26-18-14-23(15-19-26)22-10-12-24(13-11-22)29(32)36-27-20-16-25(17-21-27)30(33)34/h10-21H,2-9H2,1H3. The number of nitrogens with zero attached hydrogens (tertiary/aromatic N) is 1. The molecule has 0 saturated carbocycles. The van der Waals surface area contributed by atoms with Gasteiger partial charge in [-0.2, -0.15) is 0 Å². The number of nitro groups is 1. The first kappa shape index (κ1) is 26.6. The van der Waals surface area contributed by atoms with Crippen LogP contribution in [-0.4, -0.2) is 16.9 Å². The van der Waals surface area contributed by atoms with E-state index in [4.69, 9.17) is 9.47 Å². The molecule has 0 N–H and O–H groups in total. The predicted molar refractivity (Wildman–Crippen MR) is 138 cm³/mol. The number of carbonyl (C=O) groups is 2. The van der Waals surface area contributed by atoms with E-state index in [-0.39, 0.29) is 17.4 Å². The minimum Gasteiger partial charge on any atom is -0.427 e. The highest BCUT2D eigenvalue weighted by atomic mass is 16.6. The third-order valence-electron chi connectivity index (χ3n) is 5.78. The molecule has 0 aliphatic rings. The van der Waals surface area contributed by atoms with Crippen LogP contribution in [0.1, 0.15) is 68.6 Å². The van der Waals surface area contributed by atoms with Crippen LogP contribution in [0, 0.1) is 10.1 Å². The number of ether oxygens (including phenoxy) is 2. The Morgan fingerprint density at radius 1 is 0.694 bits per heavy atom. The number of carbonyl (C=O) groups excluding carboxylic acids is 2. The second-order valence-electron chi connectivity index (χ2n) is 8.59. The molecule has 3 rings (SSSR count). The highest BCUT2D eigenvalue weighted by molar-refractivity contribution is 5.91. The molecule has 0 radical (unpaired) electrons. The van der Waals surface area contributed by atoms with Crippen LogP contribution in [0.3, 0.4) is 0 Å². The van der Waals surface area contributed by atoms with Crippen molar-refractivity contribution < 1.29 is 24.0 Å². The van der Waals surface area contributed by atoms with E-state index in [0.29, 0.717) is 17.7 Å². The lowest BCUT2D eigenvalue weighted by Gasteiger charge is -2.08. The van der Waals surface area contributed by atoms with E-state index in [0.717, 1.165) is 30.4 Å². The molecule has 0 atom stereocenters. The number of nitro benzene ring substituents is 1. The van der Waals surface area contributed by atoms with Gasteiger partial charge in [-0.1, -0.05) is 69.7 Å². The van der Waals surface area contributed by atoms with E-state index in [1.165, 1.54) is 49.9 Å². The lowest BCUT2D eigenvalue weighted by Crippen LogP contribution is -2.08. The predicted octanol–water partition coefficient (Wildman–Crippen LogP) is 7.53. The molecular formula is C29H31NO6. The first-order chi connectivity index (χ1) is 17.5. The van der Waals surface area contributed by atoms with Gasteiger partial charge in [0.2, 0.25) is 0 Å². The van der Waals surface area contributed by atoms with E-state index in [1.54, 1.807) is 36.4 Å². The number of hydrogen-bond donors (Lipinski definition) is 0. The number of non-ortho nitro benzene ring substituents is 1. The summed E-state index contributed by atoms with van der Waals surface area (Å²) in [5.41, 5.74) is 2.08. The number of benzene rings is 3. The number of unbranched alkanes of at least 4 members (excludes halogenated alkanes) is 6. The van der Waals surface area contributed by atoms with E-state index in [2.05, 4.69) is 6.92 Å². The van der Waals surface area contributed by atoms with Gasteiger partial charge >= 0.3 is 11.9 Å². The zero-order valence-corrected chi connectivity index (χ0v) is 20.5. The van der Waals surface area contributed by atoms with Crippen molar-refractivity contribution in [1.29, 1.82) is 0 Å². The third-order valence-corrected chi connectivity index (χ3v) is 5.78. The fraction of sp³-hybridized carbons (Fsp3) is 0.310. The molecule has 36 heavy (non-hydrogen) atoms. The summed E-state index contributed by atoms with van der Waals surface area (Å²) in [5.74, 6) is -0.0346. The molecule has 0 aliphatic carbocycles. The van der Waals surface area contributed by atoms with Gasteiger partial charge in [0.05, 0.1) is 10.5 Å². The molecule has 0 aromatic heterocycles. The normalized spacial score (nSPS) is 10.6. The molecule has 0 aliphatic heterocycles. The molecule has 0 saturated heterocycles. The zero-order chi connectivity index (χ0) is 25.8. The van der Waals surface area contributed by atoms with Gasteiger partial charge in [0.1, 0.15) is 11.5 Å². The summed E-state index contributed by atoms with van der Waals surface area (Å²) in [5, 5.41) is 10.7. The Balaban J connectivity index is 1.47. The second kappa shape index (κ2) is 13.8. The topological polar surface area (TPSA) is 95.7 Å².